The van der Waals surface area contributed by atoms with Crippen LogP contribution in [0.5, 0.6) is 17.2 Å². The largest absolute Gasteiger partial charge is 0.494 e. The molecule has 0 atom stereocenters. The van der Waals surface area contributed by atoms with E-state index in [-0.39, 0.29) is 5.78 Å². The summed E-state index contributed by atoms with van der Waals surface area (Å²) in [5.41, 5.74) is 2.31. The number of ketones is 1. The lowest BCUT2D eigenvalue weighted by Crippen LogP contribution is -2.04. The van der Waals surface area contributed by atoms with Gasteiger partial charge in [-0.05, 0) is 84.7 Å². The minimum absolute atomic E-state index is 0.130. The SMILES string of the molecule is CCCCCCCCOc1ccc(/C=C/C(=O)Oc2ccc(C(=O)/C=C/c3ccc(OCCCCCCC)cc3)cc2)cc1. The second-order valence-electron chi connectivity index (χ2n) is 11.0. The van der Waals surface area contributed by atoms with E-state index in [4.69, 9.17) is 14.2 Å². The van der Waals surface area contributed by atoms with Crippen molar-refractivity contribution in [3.63, 3.8) is 0 Å². The molecular weight excluding hydrogens is 548 g/mol. The lowest BCUT2D eigenvalue weighted by Gasteiger charge is -2.06. The fourth-order valence-electron chi connectivity index (χ4n) is 4.59. The average Bonchev–Trinajstić information content (AvgIpc) is 3.05. The predicted molar refractivity (Wildman–Crippen MR) is 180 cm³/mol. The summed E-state index contributed by atoms with van der Waals surface area (Å²) in [6.07, 6.45) is 19.8. The van der Waals surface area contributed by atoms with Crippen molar-refractivity contribution < 1.29 is 23.8 Å². The minimum Gasteiger partial charge on any atom is -0.494 e. The van der Waals surface area contributed by atoms with Crippen LogP contribution in [0.3, 0.4) is 0 Å². The van der Waals surface area contributed by atoms with Crippen LogP contribution in [0.1, 0.15) is 106 Å². The van der Waals surface area contributed by atoms with Crippen LogP contribution < -0.4 is 14.2 Å². The Morgan fingerprint density at radius 2 is 0.955 bits per heavy atom. The Kier molecular flexibility index (Phi) is 16.2. The molecule has 0 aromatic heterocycles. The molecule has 5 heteroatoms. The van der Waals surface area contributed by atoms with Crippen LogP contribution in [0.4, 0.5) is 0 Å². The molecule has 3 aromatic rings. The molecule has 0 saturated heterocycles. The van der Waals surface area contributed by atoms with E-state index >= 15 is 0 Å². The second kappa shape index (κ2) is 20.7. The highest BCUT2D eigenvalue weighted by Gasteiger charge is 2.05. The van der Waals surface area contributed by atoms with E-state index in [1.165, 1.54) is 69.9 Å². The maximum absolute atomic E-state index is 12.6. The fourth-order valence-corrected chi connectivity index (χ4v) is 4.59. The molecule has 0 fully saturated rings. The molecule has 0 aliphatic rings. The van der Waals surface area contributed by atoms with Crippen molar-refractivity contribution in [3.05, 3.63) is 102 Å². The quantitative estimate of drug-likeness (QED) is 0.0402. The van der Waals surface area contributed by atoms with Gasteiger partial charge in [0.15, 0.2) is 5.78 Å². The second-order valence-corrected chi connectivity index (χ2v) is 11.0. The van der Waals surface area contributed by atoms with Crippen molar-refractivity contribution >= 4 is 23.9 Å². The summed E-state index contributed by atoms with van der Waals surface area (Å²) < 4.78 is 17.0. The Hall–Kier alpha value is -4.12. The number of rotatable bonds is 21. The smallest absolute Gasteiger partial charge is 0.336 e. The molecule has 3 aromatic carbocycles. The average molecular weight is 597 g/mol. The fraction of sp³-hybridized carbons (Fsp3) is 0.385. The summed E-state index contributed by atoms with van der Waals surface area (Å²) in [5.74, 6) is 1.42. The van der Waals surface area contributed by atoms with Gasteiger partial charge in [0.2, 0.25) is 0 Å². The third kappa shape index (κ3) is 13.9. The van der Waals surface area contributed by atoms with E-state index in [0.717, 1.165) is 48.7 Å². The van der Waals surface area contributed by atoms with E-state index in [1.54, 1.807) is 36.4 Å². The van der Waals surface area contributed by atoms with Crippen molar-refractivity contribution in [2.45, 2.75) is 84.5 Å². The molecule has 234 valence electrons. The van der Waals surface area contributed by atoms with Crippen molar-refractivity contribution in [1.29, 1.82) is 0 Å². The van der Waals surface area contributed by atoms with Crippen LogP contribution in [0.15, 0.2) is 84.9 Å². The van der Waals surface area contributed by atoms with E-state index in [1.807, 2.05) is 48.5 Å². The first-order chi connectivity index (χ1) is 21.6. The molecule has 0 N–H and O–H groups in total. The van der Waals surface area contributed by atoms with Gasteiger partial charge in [0, 0.05) is 11.6 Å². The number of allylic oxidation sites excluding steroid dienone is 1. The van der Waals surface area contributed by atoms with Crippen LogP contribution >= 0.6 is 0 Å². The third-order valence-electron chi connectivity index (χ3n) is 7.24. The van der Waals surface area contributed by atoms with Gasteiger partial charge in [0.05, 0.1) is 13.2 Å². The maximum Gasteiger partial charge on any atom is 0.336 e. The Morgan fingerprint density at radius 3 is 1.45 bits per heavy atom. The van der Waals surface area contributed by atoms with Gasteiger partial charge < -0.3 is 14.2 Å². The van der Waals surface area contributed by atoms with Gasteiger partial charge >= 0.3 is 5.97 Å². The number of hydrogen-bond donors (Lipinski definition) is 0. The molecule has 5 nitrogen and oxygen atoms in total. The van der Waals surface area contributed by atoms with Crippen molar-refractivity contribution in [2.24, 2.45) is 0 Å². The molecule has 0 saturated carbocycles. The molecule has 0 bridgehead atoms. The van der Waals surface area contributed by atoms with Crippen molar-refractivity contribution in [2.75, 3.05) is 13.2 Å². The summed E-state index contributed by atoms with van der Waals surface area (Å²) >= 11 is 0. The Morgan fingerprint density at radius 1 is 0.523 bits per heavy atom. The molecule has 0 aliphatic heterocycles. The molecule has 0 heterocycles. The Bertz CT molecular complexity index is 1290. The number of benzene rings is 3. The zero-order chi connectivity index (χ0) is 31.2. The van der Waals surface area contributed by atoms with Gasteiger partial charge in [-0.2, -0.15) is 0 Å². The minimum atomic E-state index is -0.490. The van der Waals surface area contributed by atoms with Gasteiger partial charge in [-0.1, -0.05) is 102 Å². The zero-order valence-electron chi connectivity index (χ0n) is 26.5. The summed E-state index contributed by atoms with van der Waals surface area (Å²) in [7, 11) is 0. The first-order valence-corrected chi connectivity index (χ1v) is 16.3. The maximum atomic E-state index is 12.6. The molecule has 44 heavy (non-hydrogen) atoms. The van der Waals surface area contributed by atoms with E-state index < -0.39 is 5.97 Å². The number of ether oxygens (including phenoxy) is 3. The molecule has 0 unspecified atom stereocenters. The third-order valence-corrected chi connectivity index (χ3v) is 7.24. The first kappa shape index (κ1) is 34.4. The van der Waals surface area contributed by atoms with Gasteiger partial charge in [-0.25, -0.2) is 4.79 Å². The Labute approximate surface area is 263 Å². The first-order valence-electron chi connectivity index (χ1n) is 16.3. The van der Waals surface area contributed by atoms with Gasteiger partial charge in [-0.15, -0.1) is 0 Å². The highest BCUT2D eigenvalue weighted by Crippen LogP contribution is 2.18. The van der Waals surface area contributed by atoms with Crippen LogP contribution in [0.2, 0.25) is 0 Å². The summed E-state index contributed by atoms with van der Waals surface area (Å²) in [5, 5.41) is 0. The normalized spacial score (nSPS) is 11.2. The Balaban J connectivity index is 1.37. The van der Waals surface area contributed by atoms with Crippen molar-refractivity contribution in [1.82, 2.24) is 0 Å². The van der Waals surface area contributed by atoms with Crippen LogP contribution in [0.25, 0.3) is 12.2 Å². The van der Waals surface area contributed by atoms with Crippen LogP contribution in [-0.2, 0) is 4.79 Å². The number of hydrogen-bond acceptors (Lipinski definition) is 5. The predicted octanol–water partition coefficient (Wildman–Crippen LogP) is 10.3. The summed E-state index contributed by atoms with van der Waals surface area (Å²) in [6, 6.07) is 21.9. The standard InChI is InChI=1S/C39H48O5/c1-3-5-7-9-11-13-31-43-36-24-16-33(17-25-36)19-29-39(41)44-37-26-20-34(21-27-37)38(40)28-18-32-14-22-35(23-15-32)42-30-12-10-8-6-4-2/h14-29H,3-13,30-31H2,1-2H3/b28-18+,29-19+. The molecule has 0 spiro atoms. The highest BCUT2D eigenvalue weighted by molar-refractivity contribution is 6.06. The number of carbonyl (C=O) groups is 2. The number of unbranched alkanes of at least 4 members (excludes halogenated alkanes) is 9. The topological polar surface area (TPSA) is 61.8 Å². The summed E-state index contributed by atoms with van der Waals surface area (Å²) in [6.45, 7) is 5.88. The lowest BCUT2D eigenvalue weighted by atomic mass is 10.1. The van der Waals surface area contributed by atoms with E-state index in [2.05, 4.69) is 13.8 Å². The van der Waals surface area contributed by atoms with Gasteiger partial charge in [0.1, 0.15) is 17.2 Å². The molecule has 0 aliphatic carbocycles. The molecule has 0 amide bonds. The number of esters is 1. The molecule has 3 rings (SSSR count). The zero-order valence-corrected chi connectivity index (χ0v) is 26.5. The number of carbonyl (C=O) groups excluding carboxylic acids is 2. The van der Waals surface area contributed by atoms with Crippen LogP contribution in [0, 0.1) is 0 Å². The highest BCUT2D eigenvalue weighted by atomic mass is 16.5. The van der Waals surface area contributed by atoms with Crippen molar-refractivity contribution in [3.8, 4) is 17.2 Å². The van der Waals surface area contributed by atoms with Gasteiger partial charge in [-0.3, -0.25) is 4.79 Å². The lowest BCUT2D eigenvalue weighted by molar-refractivity contribution is -0.128. The summed E-state index contributed by atoms with van der Waals surface area (Å²) in [4.78, 5) is 24.9. The van der Waals surface area contributed by atoms with E-state index in [0.29, 0.717) is 11.3 Å². The molecular formula is C39H48O5. The van der Waals surface area contributed by atoms with Crippen LogP contribution in [-0.4, -0.2) is 25.0 Å². The molecule has 0 radical (unpaired) electrons. The monoisotopic (exact) mass is 596 g/mol. The van der Waals surface area contributed by atoms with Gasteiger partial charge in [0.25, 0.3) is 0 Å². The van der Waals surface area contributed by atoms with E-state index in [9.17, 15) is 9.59 Å².